The Balaban J connectivity index is 2.16. The minimum atomic E-state index is -0.0658. The molecule has 2 aromatic carbocycles. The number of Topliss-reactive ketones (excluding diaryl/α,β-unsaturated/α-hetero) is 2. The number of carbonyl (C=O) groups excluding carboxylic acids is 2. The Labute approximate surface area is 255 Å². The lowest BCUT2D eigenvalue weighted by Crippen LogP contribution is -2.35. The summed E-state index contributed by atoms with van der Waals surface area (Å²) >= 11 is 0. The van der Waals surface area contributed by atoms with Gasteiger partial charge in [0.05, 0.1) is 14.2 Å². The van der Waals surface area contributed by atoms with Crippen LogP contribution in [0.25, 0.3) is 0 Å². The fourth-order valence-corrected chi connectivity index (χ4v) is 5.85. The van der Waals surface area contributed by atoms with E-state index >= 15 is 0 Å². The van der Waals surface area contributed by atoms with E-state index in [0.717, 1.165) is 113 Å². The van der Waals surface area contributed by atoms with Crippen molar-refractivity contribution in [3.8, 4) is 11.5 Å². The summed E-state index contributed by atoms with van der Waals surface area (Å²) in [5.74, 6) is 1.80. The van der Waals surface area contributed by atoms with Crippen LogP contribution in [0, 0.1) is 11.8 Å². The number of carbonyl (C=O) groups is 2. The van der Waals surface area contributed by atoms with Crippen LogP contribution in [0.1, 0.15) is 99.8 Å². The van der Waals surface area contributed by atoms with Gasteiger partial charge in [0.1, 0.15) is 11.5 Å². The molecule has 0 saturated heterocycles. The van der Waals surface area contributed by atoms with Crippen molar-refractivity contribution < 1.29 is 19.1 Å². The molecule has 0 bridgehead atoms. The molecule has 42 heavy (non-hydrogen) atoms. The number of ketones is 2. The van der Waals surface area contributed by atoms with Crippen LogP contribution in [-0.2, 0) is 0 Å². The van der Waals surface area contributed by atoms with Gasteiger partial charge in [-0.3, -0.25) is 9.59 Å². The average Bonchev–Trinajstić information content (AvgIpc) is 3.01. The molecule has 0 unspecified atom stereocenters. The first kappa shape index (κ1) is 35.5. The number of benzene rings is 2. The maximum atomic E-state index is 13.7. The van der Waals surface area contributed by atoms with Crippen molar-refractivity contribution in [1.82, 2.24) is 9.80 Å². The van der Waals surface area contributed by atoms with Crippen LogP contribution < -0.4 is 9.47 Å². The molecule has 0 spiro atoms. The molecule has 0 heterocycles. The first-order valence-electron chi connectivity index (χ1n) is 16.2. The molecule has 2 aromatic rings. The van der Waals surface area contributed by atoms with Crippen molar-refractivity contribution in [2.45, 2.75) is 79.1 Å². The molecule has 0 aliphatic carbocycles. The number of hydrogen-bond donors (Lipinski definition) is 0. The molecule has 0 amide bonds. The standard InChI is InChI=1S/C36H56N2O4/c1-7-23-37(24-8-2)27-31(35(39)29-15-19-33(41-5)20-16-29)13-11-12-14-32(28-38(25-9-3)26-10-4)36(40)30-17-21-34(42-6)22-18-30/h15-22,31-32H,7-14,23-28H2,1-6H3/t31-,32-/m0/s1. The quantitative estimate of drug-likeness (QED) is 0.0987. The molecule has 0 saturated carbocycles. The van der Waals surface area contributed by atoms with E-state index in [9.17, 15) is 9.59 Å². The second kappa shape index (κ2) is 20.2. The summed E-state index contributed by atoms with van der Waals surface area (Å²) in [7, 11) is 3.28. The summed E-state index contributed by atoms with van der Waals surface area (Å²) in [6.45, 7) is 14.4. The highest BCUT2D eigenvalue weighted by Gasteiger charge is 2.25. The first-order valence-corrected chi connectivity index (χ1v) is 16.2. The van der Waals surface area contributed by atoms with Crippen LogP contribution >= 0.6 is 0 Å². The Kier molecular flexibility index (Phi) is 17.1. The Bertz CT molecular complexity index is 926. The van der Waals surface area contributed by atoms with Crippen molar-refractivity contribution in [3.05, 3.63) is 59.7 Å². The molecule has 0 N–H and O–H groups in total. The maximum absolute atomic E-state index is 13.7. The molecule has 6 nitrogen and oxygen atoms in total. The van der Waals surface area contributed by atoms with Crippen LogP contribution in [0.5, 0.6) is 11.5 Å². The third-order valence-corrected chi connectivity index (χ3v) is 7.96. The minimum Gasteiger partial charge on any atom is -0.497 e. The summed E-state index contributed by atoms with van der Waals surface area (Å²) in [5, 5.41) is 0. The number of unbranched alkanes of at least 4 members (excludes halogenated alkanes) is 1. The summed E-state index contributed by atoms with van der Waals surface area (Å²) in [6, 6.07) is 15.0. The number of hydrogen-bond acceptors (Lipinski definition) is 6. The fraction of sp³-hybridized carbons (Fsp3) is 0.611. The highest BCUT2D eigenvalue weighted by Crippen LogP contribution is 2.24. The van der Waals surface area contributed by atoms with Gasteiger partial charge in [-0.2, -0.15) is 0 Å². The molecule has 6 heteroatoms. The van der Waals surface area contributed by atoms with Gasteiger partial charge in [0, 0.05) is 36.1 Å². The topological polar surface area (TPSA) is 59.1 Å². The summed E-state index contributed by atoms with van der Waals surface area (Å²) < 4.78 is 10.6. The van der Waals surface area contributed by atoms with Crippen LogP contribution in [0.2, 0.25) is 0 Å². The summed E-state index contributed by atoms with van der Waals surface area (Å²) in [6.07, 6.45) is 7.79. The Hall–Kier alpha value is -2.70. The van der Waals surface area contributed by atoms with Gasteiger partial charge >= 0.3 is 0 Å². The summed E-state index contributed by atoms with van der Waals surface area (Å²) in [4.78, 5) is 32.3. The van der Waals surface area contributed by atoms with E-state index in [2.05, 4.69) is 37.5 Å². The van der Waals surface area contributed by atoms with Gasteiger partial charge in [-0.05, 0) is 113 Å². The van der Waals surface area contributed by atoms with Gasteiger partial charge in [0.25, 0.3) is 0 Å². The molecule has 0 fully saturated rings. The summed E-state index contributed by atoms with van der Waals surface area (Å²) in [5.41, 5.74) is 1.49. The Morgan fingerprint density at radius 3 is 1.14 bits per heavy atom. The molecule has 0 aromatic heterocycles. The predicted octanol–water partition coefficient (Wildman–Crippen LogP) is 7.81. The minimum absolute atomic E-state index is 0.0658. The second-order valence-electron chi connectivity index (χ2n) is 11.5. The molecule has 2 rings (SSSR count). The van der Waals surface area contributed by atoms with Crippen LogP contribution in [-0.4, -0.2) is 74.9 Å². The highest BCUT2D eigenvalue weighted by molar-refractivity contribution is 5.98. The zero-order valence-electron chi connectivity index (χ0n) is 27.2. The lowest BCUT2D eigenvalue weighted by Gasteiger charge is -2.28. The smallest absolute Gasteiger partial charge is 0.167 e. The monoisotopic (exact) mass is 580 g/mol. The molecule has 0 radical (unpaired) electrons. The maximum Gasteiger partial charge on any atom is 0.167 e. The van der Waals surface area contributed by atoms with Gasteiger partial charge in [0.15, 0.2) is 11.6 Å². The zero-order valence-corrected chi connectivity index (χ0v) is 27.2. The third-order valence-electron chi connectivity index (χ3n) is 7.96. The molecule has 0 aliphatic rings. The number of nitrogens with zero attached hydrogens (tertiary/aromatic N) is 2. The first-order chi connectivity index (χ1) is 20.4. The molecule has 234 valence electrons. The molecular formula is C36H56N2O4. The van der Waals surface area contributed by atoms with Gasteiger partial charge < -0.3 is 19.3 Å². The largest absolute Gasteiger partial charge is 0.497 e. The van der Waals surface area contributed by atoms with Crippen LogP contribution in [0.4, 0.5) is 0 Å². The third kappa shape index (κ3) is 11.9. The van der Waals surface area contributed by atoms with Crippen LogP contribution in [0.15, 0.2) is 48.5 Å². The Morgan fingerprint density at radius 2 is 0.881 bits per heavy atom. The zero-order chi connectivity index (χ0) is 30.7. The van der Waals surface area contributed by atoms with E-state index in [0.29, 0.717) is 0 Å². The number of methoxy groups -OCH3 is 2. The molecule has 0 aliphatic heterocycles. The molecule has 2 atom stereocenters. The fourth-order valence-electron chi connectivity index (χ4n) is 5.85. The normalized spacial score (nSPS) is 12.9. The van der Waals surface area contributed by atoms with Gasteiger partial charge in [-0.1, -0.05) is 40.5 Å². The molecular weight excluding hydrogens is 524 g/mol. The van der Waals surface area contributed by atoms with E-state index in [4.69, 9.17) is 9.47 Å². The lowest BCUT2D eigenvalue weighted by atomic mass is 9.88. The SMILES string of the molecule is CCCN(CCC)C[C@H](CCCC[C@@H](CN(CCC)CCC)C(=O)c1ccc(OC)cc1)C(=O)c1ccc(OC)cc1. The second-order valence-corrected chi connectivity index (χ2v) is 11.5. The van der Waals surface area contributed by atoms with Gasteiger partial charge in [-0.15, -0.1) is 0 Å². The van der Waals surface area contributed by atoms with E-state index in [1.54, 1.807) is 14.2 Å². The van der Waals surface area contributed by atoms with Crippen molar-refractivity contribution in [3.63, 3.8) is 0 Å². The number of ether oxygens (including phenoxy) is 2. The van der Waals surface area contributed by atoms with Crippen molar-refractivity contribution >= 4 is 11.6 Å². The van der Waals surface area contributed by atoms with E-state index < -0.39 is 0 Å². The average molecular weight is 581 g/mol. The van der Waals surface area contributed by atoms with Crippen LogP contribution in [0.3, 0.4) is 0 Å². The predicted molar refractivity (Wildman–Crippen MR) is 174 cm³/mol. The van der Waals surface area contributed by atoms with E-state index in [-0.39, 0.29) is 23.4 Å². The highest BCUT2D eigenvalue weighted by atomic mass is 16.5. The van der Waals surface area contributed by atoms with E-state index in [1.165, 1.54) is 0 Å². The van der Waals surface area contributed by atoms with Crippen molar-refractivity contribution in [2.24, 2.45) is 11.8 Å². The van der Waals surface area contributed by atoms with Crippen molar-refractivity contribution in [2.75, 3.05) is 53.5 Å². The lowest BCUT2D eigenvalue weighted by molar-refractivity contribution is 0.0846. The van der Waals surface area contributed by atoms with Crippen molar-refractivity contribution in [1.29, 1.82) is 0 Å². The Morgan fingerprint density at radius 1 is 0.571 bits per heavy atom. The number of rotatable bonds is 23. The van der Waals surface area contributed by atoms with Gasteiger partial charge in [0.2, 0.25) is 0 Å². The van der Waals surface area contributed by atoms with Gasteiger partial charge in [-0.25, -0.2) is 0 Å². The van der Waals surface area contributed by atoms with E-state index in [1.807, 2.05) is 48.5 Å².